The first-order valence-electron chi connectivity index (χ1n) is 14.9. The first-order valence-corrected chi connectivity index (χ1v) is 16.3. The Balaban J connectivity index is 0.00000370. The number of hydrogen-bond donors (Lipinski definition) is 1. The van der Waals surface area contributed by atoms with E-state index in [1.807, 2.05) is 0 Å². The van der Waals surface area contributed by atoms with Crippen LogP contribution in [0.5, 0.6) is 0 Å². The molecule has 4 unspecified atom stereocenters. The van der Waals surface area contributed by atoms with Gasteiger partial charge in [0.15, 0.2) is 0 Å². The molecule has 1 N–H and O–H groups in total. The molecule has 0 aromatic heterocycles. The van der Waals surface area contributed by atoms with E-state index in [2.05, 4.69) is 47.6 Å². The van der Waals surface area contributed by atoms with Gasteiger partial charge in [0.25, 0.3) is 0 Å². The van der Waals surface area contributed by atoms with Crippen LogP contribution in [0.4, 0.5) is 0 Å². The number of aliphatic hydroxyl groups is 1. The van der Waals surface area contributed by atoms with Crippen LogP contribution in [0, 0.1) is 52.3 Å². The van der Waals surface area contributed by atoms with Gasteiger partial charge in [0.05, 0.1) is 12.2 Å². The third-order valence-corrected chi connectivity index (χ3v) is 12.5. The van der Waals surface area contributed by atoms with E-state index in [0.29, 0.717) is 54.6 Å². The van der Waals surface area contributed by atoms with Gasteiger partial charge in [-0.15, -0.1) is 0 Å². The van der Waals surface area contributed by atoms with Crippen LogP contribution < -0.4 is 29.6 Å². The fraction of sp³-hybridized carbons (Fsp3) is 0.900. The smallest absolute Gasteiger partial charge is 0.726 e. The molecule has 0 aromatic rings. The summed E-state index contributed by atoms with van der Waals surface area (Å²) < 4.78 is 51.7. The molecule has 0 amide bonds. The number of epoxide rings is 1. The molecule has 0 aromatic carbocycles. The molecular formula is C30H47NaO8S. The number of esters is 1. The normalized spacial score (nSPS) is 45.8. The van der Waals surface area contributed by atoms with Crippen molar-refractivity contribution >= 4 is 16.4 Å². The summed E-state index contributed by atoms with van der Waals surface area (Å²) in [6.45, 7) is 15.1. The molecule has 0 radical (unpaired) electrons. The van der Waals surface area contributed by atoms with Crippen LogP contribution in [0.3, 0.4) is 0 Å². The molecule has 5 aliphatic rings. The molecule has 10 heteroatoms. The van der Waals surface area contributed by atoms with Gasteiger partial charge in [0.1, 0.15) is 18.3 Å². The summed E-state index contributed by atoms with van der Waals surface area (Å²) in [7, 11) is -5.06. The minimum Gasteiger partial charge on any atom is -0.726 e. The molecule has 222 valence electrons. The Kier molecular flexibility index (Phi) is 9.45. The number of allylic oxidation sites excluding steroid dienone is 2. The molecule has 4 fully saturated rings. The SMILES string of the molecule is CC(=O)O[C@@H]1C[C@]2(C)C3CC[C@@]4(C)C(CC[C@@H]4C(C)[C@@H]4O[C@@H]4[C@H](C)C(C)C)C3=CCC2[C@H](OS(=O)(=O)[O-])[C@H]1O.[Na+]. The van der Waals surface area contributed by atoms with Gasteiger partial charge in [-0.3, -0.25) is 8.98 Å². The Hall–Kier alpha value is -0.000000000000000222. The van der Waals surface area contributed by atoms with E-state index in [4.69, 9.17) is 13.7 Å². The Bertz CT molecular complexity index is 1110. The molecular weight excluding hydrogens is 543 g/mol. The fourth-order valence-electron chi connectivity index (χ4n) is 9.67. The number of carbonyl (C=O) groups is 1. The van der Waals surface area contributed by atoms with E-state index in [0.717, 1.165) is 19.3 Å². The quantitative estimate of drug-likeness (QED) is 0.118. The van der Waals surface area contributed by atoms with E-state index in [1.165, 1.54) is 18.9 Å². The summed E-state index contributed by atoms with van der Waals surface area (Å²) in [4.78, 5) is 11.9. The van der Waals surface area contributed by atoms with Crippen LogP contribution in [-0.2, 0) is 28.9 Å². The maximum absolute atomic E-state index is 11.9. The number of rotatable bonds is 7. The Labute approximate surface area is 262 Å². The first-order chi connectivity index (χ1) is 18.1. The van der Waals surface area contributed by atoms with Gasteiger partial charge in [-0.25, -0.2) is 8.42 Å². The van der Waals surface area contributed by atoms with E-state index < -0.39 is 40.1 Å². The average molecular weight is 591 g/mol. The van der Waals surface area contributed by atoms with E-state index in [-0.39, 0.29) is 46.8 Å². The minimum absolute atomic E-state index is 0. The van der Waals surface area contributed by atoms with Crippen LogP contribution in [0.1, 0.15) is 87.0 Å². The number of carbonyl (C=O) groups excluding carboxylic acids is 1. The second-order valence-corrected chi connectivity index (χ2v) is 15.2. The van der Waals surface area contributed by atoms with Gasteiger partial charge < -0.3 is 19.1 Å². The molecule has 13 atom stereocenters. The summed E-state index contributed by atoms with van der Waals surface area (Å²) in [6.07, 6.45) is 4.62. The number of fused-ring (bicyclic) bond motifs is 5. The molecule has 1 aliphatic heterocycles. The van der Waals surface area contributed by atoms with Crippen LogP contribution in [0.2, 0.25) is 0 Å². The summed E-state index contributed by atoms with van der Waals surface area (Å²) in [5.74, 6) is 1.90. The molecule has 3 saturated carbocycles. The van der Waals surface area contributed by atoms with Crippen molar-refractivity contribution in [1.82, 2.24) is 0 Å². The van der Waals surface area contributed by atoms with Crippen molar-refractivity contribution in [3.63, 3.8) is 0 Å². The van der Waals surface area contributed by atoms with Crippen LogP contribution in [0.25, 0.3) is 0 Å². The third kappa shape index (κ3) is 5.64. The molecule has 0 bridgehead atoms. The summed E-state index contributed by atoms with van der Waals surface area (Å²) >= 11 is 0. The summed E-state index contributed by atoms with van der Waals surface area (Å²) in [5.41, 5.74) is 1.13. The van der Waals surface area contributed by atoms with Crippen LogP contribution >= 0.6 is 0 Å². The molecule has 4 aliphatic carbocycles. The second-order valence-electron chi connectivity index (χ2n) is 14.2. The van der Waals surface area contributed by atoms with Crippen LogP contribution in [-0.4, -0.2) is 54.6 Å². The van der Waals surface area contributed by atoms with Crippen molar-refractivity contribution in [2.45, 2.75) is 118 Å². The third-order valence-electron chi connectivity index (χ3n) is 12.0. The van der Waals surface area contributed by atoms with Crippen molar-refractivity contribution in [1.29, 1.82) is 0 Å². The summed E-state index contributed by atoms with van der Waals surface area (Å²) in [6, 6.07) is 0. The molecule has 5 rings (SSSR count). The van der Waals surface area contributed by atoms with Gasteiger partial charge in [-0.2, -0.15) is 0 Å². The van der Waals surface area contributed by atoms with Gasteiger partial charge in [-0.05, 0) is 90.8 Å². The second kappa shape index (κ2) is 11.5. The number of aliphatic hydroxyl groups excluding tert-OH is 1. The average Bonchev–Trinajstić information content (AvgIpc) is 3.54. The molecule has 1 saturated heterocycles. The number of ether oxygens (including phenoxy) is 2. The van der Waals surface area contributed by atoms with Crippen molar-refractivity contribution in [3.05, 3.63) is 11.6 Å². The van der Waals surface area contributed by atoms with E-state index >= 15 is 0 Å². The van der Waals surface area contributed by atoms with Gasteiger partial charge in [-0.1, -0.05) is 53.2 Å². The zero-order valence-electron chi connectivity index (χ0n) is 25.5. The van der Waals surface area contributed by atoms with Crippen molar-refractivity contribution in [3.8, 4) is 0 Å². The zero-order valence-corrected chi connectivity index (χ0v) is 28.3. The van der Waals surface area contributed by atoms with Gasteiger partial charge in [0.2, 0.25) is 10.4 Å². The maximum Gasteiger partial charge on any atom is 1.00 e. The monoisotopic (exact) mass is 590 g/mol. The topological polar surface area (TPSA) is 125 Å². The van der Waals surface area contributed by atoms with Crippen molar-refractivity contribution in [2.24, 2.45) is 52.3 Å². The first kappa shape index (κ1) is 32.9. The molecule has 40 heavy (non-hydrogen) atoms. The largest absolute Gasteiger partial charge is 1.00 e. The molecule has 0 spiro atoms. The zero-order chi connectivity index (χ0) is 28.7. The molecule has 1 heterocycles. The fourth-order valence-corrected chi connectivity index (χ4v) is 10.2. The molecule has 8 nitrogen and oxygen atoms in total. The van der Waals surface area contributed by atoms with E-state index in [9.17, 15) is 22.9 Å². The maximum atomic E-state index is 11.9. The number of hydrogen-bond acceptors (Lipinski definition) is 8. The Morgan fingerprint density at radius 2 is 1.75 bits per heavy atom. The standard InChI is InChI=1S/C30H48O8S.Na/c1-15(2)16(3)26-27(37-26)17(4)20-10-11-21-19-8-9-23-28(38-39(33,34)35)25(32)24(36-18(5)31)14-30(23,7)22(19)12-13-29(20,21)6;/h8,15-17,20-28,32H,9-14H2,1-7H3,(H,33,34,35);/q;+1/p-1/t16-,17?,20-,21?,22?,23?,24-,25+,26-,27+,28+,29-,30-;/m1./s1. The minimum atomic E-state index is -5.06. The van der Waals surface area contributed by atoms with Crippen LogP contribution in [0.15, 0.2) is 11.6 Å². The predicted octanol–water partition coefficient (Wildman–Crippen LogP) is 1.62. The Morgan fingerprint density at radius 1 is 1.10 bits per heavy atom. The Morgan fingerprint density at radius 3 is 2.35 bits per heavy atom. The summed E-state index contributed by atoms with van der Waals surface area (Å²) in [5, 5.41) is 11.0. The van der Waals surface area contributed by atoms with Gasteiger partial charge in [0, 0.05) is 6.92 Å². The van der Waals surface area contributed by atoms with Crippen molar-refractivity contribution in [2.75, 3.05) is 0 Å². The van der Waals surface area contributed by atoms with Crippen molar-refractivity contribution < 1.29 is 66.1 Å². The van der Waals surface area contributed by atoms with E-state index in [1.54, 1.807) is 0 Å². The van der Waals surface area contributed by atoms with Gasteiger partial charge >= 0.3 is 35.5 Å². The predicted molar refractivity (Wildman–Crippen MR) is 144 cm³/mol.